The van der Waals surface area contributed by atoms with Gasteiger partial charge in [-0.25, -0.2) is 13.1 Å². The summed E-state index contributed by atoms with van der Waals surface area (Å²) in [5, 5.41) is 0. The first-order chi connectivity index (χ1) is 9.81. The van der Waals surface area contributed by atoms with Crippen LogP contribution in [0.2, 0.25) is 0 Å². The first kappa shape index (κ1) is 16.3. The Labute approximate surface area is 127 Å². The summed E-state index contributed by atoms with van der Waals surface area (Å²) < 4.78 is 28.0. The highest BCUT2D eigenvalue weighted by molar-refractivity contribution is 7.89. The lowest BCUT2D eigenvalue weighted by Crippen LogP contribution is -2.41. The fraction of sp³-hybridized carbons (Fsp3) is 0.600. The molecule has 1 unspecified atom stereocenters. The molecule has 6 heteroatoms. The minimum absolute atomic E-state index is 0.132. The molecule has 118 valence electrons. The van der Waals surface area contributed by atoms with Crippen molar-refractivity contribution in [2.24, 2.45) is 0 Å². The Morgan fingerprint density at radius 2 is 1.81 bits per heavy atom. The van der Waals surface area contributed by atoms with Crippen molar-refractivity contribution in [2.75, 3.05) is 25.4 Å². The molecule has 2 rings (SSSR count). The average Bonchev–Trinajstić information content (AvgIpc) is 2.85. The lowest BCUT2D eigenvalue weighted by Gasteiger charge is -2.22. The number of benzene rings is 1. The SMILES string of the molecule is Cc1ccc(C)c(S(=O)(=O)NC(C)CN2CCCC2)c1N. The lowest BCUT2D eigenvalue weighted by molar-refractivity contribution is 0.313. The molecular formula is C15H25N3O2S. The van der Waals surface area contributed by atoms with E-state index in [2.05, 4.69) is 9.62 Å². The quantitative estimate of drug-likeness (QED) is 0.811. The number of nitrogens with two attached hydrogens (primary N) is 1. The van der Waals surface area contributed by atoms with Crippen molar-refractivity contribution in [3.8, 4) is 0 Å². The van der Waals surface area contributed by atoms with Crippen LogP contribution in [0, 0.1) is 13.8 Å². The summed E-state index contributed by atoms with van der Waals surface area (Å²) in [5.41, 5.74) is 7.79. The largest absolute Gasteiger partial charge is 0.397 e. The van der Waals surface area contributed by atoms with Crippen molar-refractivity contribution in [1.82, 2.24) is 9.62 Å². The zero-order chi connectivity index (χ0) is 15.6. The molecule has 1 fully saturated rings. The van der Waals surface area contributed by atoms with Crippen LogP contribution >= 0.6 is 0 Å². The van der Waals surface area contributed by atoms with Gasteiger partial charge in [-0.15, -0.1) is 0 Å². The number of rotatable bonds is 5. The van der Waals surface area contributed by atoms with E-state index in [1.807, 2.05) is 19.9 Å². The van der Waals surface area contributed by atoms with E-state index in [9.17, 15) is 8.42 Å². The fourth-order valence-electron chi connectivity index (χ4n) is 2.88. The Hall–Kier alpha value is -1.11. The number of likely N-dealkylation sites (tertiary alicyclic amines) is 1. The van der Waals surface area contributed by atoms with Gasteiger partial charge in [-0.1, -0.05) is 12.1 Å². The number of nitrogen functional groups attached to an aromatic ring is 1. The molecule has 0 spiro atoms. The first-order valence-corrected chi connectivity index (χ1v) is 8.90. The maximum absolute atomic E-state index is 12.6. The second-order valence-electron chi connectivity index (χ2n) is 5.97. The van der Waals surface area contributed by atoms with Gasteiger partial charge in [0.25, 0.3) is 0 Å². The van der Waals surface area contributed by atoms with E-state index in [1.54, 1.807) is 13.0 Å². The summed E-state index contributed by atoms with van der Waals surface area (Å²) in [4.78, 5) is 2.51. The van der Waals surface area contributed by atoms with Crippen molar-refractivity contribution in [2.45, 2.75) is 44.6 Å². The van der Waals surface area contributed by atoms with Gasteiger partial charge in [0.2, 0.25) is 10.0 Å². The Balaban J connectivity index is 2.16. The van der Waals surface area contributed by atoms with Gasteiger partial charge in [-0.2, -0.15) is 0 Å². The molecule has 1 aromatic carbocycles. The van der Waals surface area contributed by atoms with Gasteiger partial charge in [0, 0.05) is 12.6 Å². The molecule has 1 aliphatic rings. The van der Waals surface area contributed by atoms with Crippen LogP contribution in [0.3, 0.4) is 0 Å². The molecule has 1 aromatic rings. The van der Waals surface area contributed by atoms with Crippen LogP contribution < -0.4 is 10.5 Å². The molecular weight excluding hydrogens is 286 g/mol. The van der Waals surface area contributed by atoms with Crippen LogP contribution in [-0.2, 0) is 10.0 Å². The van der Waals surface area contributed by atoms with Crippen LogP contribution in [-0.4, -0.2) is 39.0 Å². The monoisotopic (exact) mass is 311 g/mol. The van der Waals surface area contributed by atoms with Gasteiger partial charge in [0.15, 0.2) is 0 Å². The number of aryl methyl sites for hydroxylation is 2. The van der Waals surface area contributed by atoms with Gasteiger partial charge in [0.1, 0.15) is 4.90 Å². The molecule has 0 radical (unpaired) electrons. The maximum Gasteiger partial charge on any atom is 0.243 e. The first-order valence-electron chi connectivity index (χ1n) is 7.41. The third-order valence-corrected chi connectivity index (χ3v) is 5.76. The maximum atomic E-state index is 12.6. The van der Waals surface area contributed by atoms with E-state index >= 15 is 0 Å². The number of hydrogen-bond acceptors (Lipinski definition) is 4. The molecule has 0 aliphatic carbocycles. The molecule has 1 aliphatic heterocycles. The molecule has 0 amide bonds. The zero-order valence-corrected chi connectivity index (χ0v) is 13.8. The van der Waals surface area contributed by atoms with Crippen molar-refractivity contribution < 1.29 is 8.42 Å². The van der Waals surface area contributed by atoms with Gasteiger partial charge in [-0.3, -0.25) is 0 Å². The third kappa shape index (κ3) is 3.75. The van der Waals surface area contributed by atoms with Crippen LogP contribution in [0.25, 0.3) is 0 Å². The van der Waals surface area contributed by atoms with E-state index in [1.165, 1.54) is 12.8 Å². The van der Waals surface area contributed by atoms with Gasteiger partial charge < -0.3 is 10.6 Å². The van der Waals surface area contributed by atoms with Gasteiger partial charge >= 0.3 is 0 Å². The number of sulfonamides is 1. The molecule has 3 N–H and O–H groups in total. The normalized spacial score (nSPS) is 18.0. The van der Waals surface area contributed by atoms with Crippen molar-refractivity contribution in [3.05, 3.63) is 23.3 Å². The highest BCUT2D eigenvalue weighted by Crippen LogP contribution is 2.26. The number of nitrogens with zero attached hydrogens (tertiary/aromatic N) is 1. The summed E-state index contributed by atoms with van der Waals surface area (Å²) in [7, 11) is -3.59. The number of anilines is 1. The highest BCUT2D eigenvalue weighted by atomic mass is 32.2. The molecule has 1 atom stereocenters. The summed E-state index contributed by atoms with van der Waals surface area (Å²) in [6, 6.07) is 3.51. The average molecular weight is 311 g/mol. The summed E-state index contributed by atoms with van der Waals surface area (Å²) >= 11 is 0. The van der Waals surface area contributed by atoms with Crippen molar-refractivity contribution in [1.29, 1.82) is 0 Å². The summed E-state index contributed by atoms with van der Waals surface area (Å²) in [5.74, 6) is 0. The van der Waals surface area contributed by atoms with E-state index in [-0.39, 0.29) is 10.9 Å². The van der Waals surface area contributed by atoms with Crippen LogP contribution in [0.15, 0.2) is 17.0 Å². The highest BCUT2D eigenvalue weighted by Gasteiger charge is 2.24. The molecule has 0 bridgehead atoms. The Morgan fingerprint density at radius 3 is 2.43 bits per heavy atom. The predicted molar refractivity (Wildman–Crippen MR) is 85.8 cm³/mol. The Morgan fingerprint density at radius 1 is 1.24 bits per heavy atom. The smallest absolute Gasteiger partial charge is 0.243 e. The van der Waals surface area contributed by atoms with Crippen molar-refractivity contribution >= 4 is 15.7 Å². The number of nitrogens with one attached hydrogen (secondary N) is 1. The molecule has 1 saturated heterocycles. The molecule has 21 heavy (non-hydrogen) atoms. The van der Waals surface area contributed by atoms with Crippen LogP contribution in [0.5, 0.6) is 0 Å². The second-order valence-corrected chi connectivity index (χ2v) is 7.62. The van der Waals surface area contributed by atoms with E-state index in [0.717, 1.165) is 25.2 Å². The molecule has 5 nitrogen and oxygen atoms in total. The van der Waals surface area contributed by atoms with Gasteiger partial charge in [-0.05, 0) is 57.8 Å². The molecule has 0 saturated carbocycles. The van der Waals surface area contributed by atoms with E-state index in [0.29, 0.717) is 11.3 Å². The standard InChI is InChI=1S/C15H25N3O2S/c1-11-6-7-12(2)15(14(11)16)21(19,20)17-13(3)10-18-8-4-5-9-18/h6-7,13,17H,4-5,8-10,16H2,1-3H3. The Kier molecular flexibility index (Phi) is 4.91. The summed E-state index contributed by atoms with van der Waals surface area (Å²) in [6.45, 7) is 8.34. The lowest BCUT2D eigenvalue weighted by atomic mass is 10.1. The predicted octanol–water partition coefficient (Wildman–Crippen LogP) is 1.65. The third-order valence-electron chi connectivity index (χ3n) is 3.97. The zero-order valence-electron chi connectivity index (χ0n) is 13.0. The minimum Gasteiger partial charge on any atom is -0.397 e. The fourth-order valence-corrected chi connectivity index (χ4v) is 4.54. The molecule has 0 aromatic heterocycles. The van der Waals surface area contributed by atoms with E-state index in [4.69, 9.17) is 5.73 Å². The Bertz CT molecular complexity index is 608. The molecule has 1 heterocycles. The van der Waals surface area contributed by atoms with E-state index < -0.39 is 10.0 Å². The van der Waals surface area contributed by atoms with Gasteiger partial charge in [0.05, 0.1) is 5.69 Å². The minimum atomic E-state index is -3.59. The van der Waals surface area contributed by atoms with Crippen LogP contribution in [0.4, 0.5) is 5.69 Å². The van der Waals surface area contributed by atoms with Crippen molar-refractivity contribution in [3.63, 3.8) is 0 Å². The van der Waals surface area contributed by atoms with Crippen LogP contribution in [0.1, 0.15) is 30.9 Å². The summed E-state index contributed by atoms with van der Waals surface area (Å²) in [6.07, 6.45) is 2.40. The second kappa shape index (κ2) is 6.34. The topological polar surface area (TPSA) is 75.4 Å². The number of hydrogen-bond donors (Lipinski definition) is 2.